The van der Waals surface area contributed by atoms with Gasteiger partial charge in [-0.15, -0.1) is 0 Å². The van der Waals surface area contributed by atoms with Crippen LogP contribution in [0.4, 0.5) is 10.2 Å². The van der Waals surface area contributed by atoms with Crippen LogP contribution < -0.4 is 21.2 Å². The van der Waals surface area contributed by atoms with Gasteiger partial charge < -0.3 is 14.5 Å². The second kappa shape index (κ2) is 9.88. The predicted molar refractivity (Wildman–Crippen MR) is 150 cm³/mol. The number of benzene rings is 1. The van der Waals surface area contributed by atoms with Crippen molar-refractivity contribution in [2.75, 3.05) is 44.2 Å². The molecule has 11 heteroatoms. The van der Waals surface area contributed by atoms with Crippen molar-refractivity contribution in [2.45, 2.75) is 25.9 Å². The number of rotatable bonds is 5. The Hall–Kier alpha value is -3.44. The largest absolute Gasteiger partial charge is 0.492 e. The molecule has 5 aliphatic heterocycles. The van der Waals surface area contributed by atoms with Crippen LogP contribution in [0.2, 0.25) is 5.02 Å². The minimum absolute atomic E-state index is 0.0188. The molecule has 6 heterocycles. The summed E-state index contributed by atoms with van der Waals surface area (Å²) < 4.78 is 20.3. The molecule has 0 bridgehead atoms. The van der Waals surface area contributed by atoms with Crippen molar-refractivity contribution in [1.29, 1.82) is 0 Å². The topological polar surface area (TPSA) is 85.0 Å². The van der Waals surface area contributed by atoms with E-state index < -0.39 is 5.82 Å². The zero-order chi connectivity index (χ0) is 27.4. The first-order valence-electron chi connectivity index (χ1n) is 13.7. The molecule has 208 valence electrons. The van der Waals surface area contributed by atoms with Crippen LogP contribution in [-0.4, -0.2) is 66.3 Å². The molecule has 0 saturated carbocycles. The Morgan fingerprint density at radius 3 is 2.90 bits per heavy atom. The third kappa shape index (κ3) is 4.26. The van der Waals surface area contributed by atoms with Crippen molar-refractivity contribution in [3.8, 4) is 0 Å². The first-order valence-corrected chi connectivity index (χ1v) is 14.1. The van der Waals surface area contributed by atoms with Gasteiger partial charge in [-0.3, -0.25) is 15.2 Å². The summed E-state index contributed by atoms with van der Waals surface area (Å²) in [4.78, 5) is 22.0. The van der Waals surface area contributed by atoms with Crippen LogP contribution in [0.15, 0.2) is 65.8 Å². The molecule has 1 unspecified atom stereocenters. The third-order valence-corrected chi connectivity index (χ3v) is 8.67. The minimum Gasteiger partial charge on any atom is -0.492 e. The fourth-order valence-corrected chi connectivity index (χ4v) is 6.77. The molecule has 2 aromatic rings. The van der Waals surface area contributed by atoms with E-state index in [0.29, 0.717) is 19.7 Å². The van der Waals surface area contributed by atoms with Crippen LogP contribution in [0.3, 0.4) is 0 Å². The summed E-state index contributed by atoms with van der Waals surface area (Å²) in [5.41, 5.74) is 14.3. The number of carbonyl (C=O) groups excluding carboxylic acids is 1. The first-order chi connectivity index (χ1) is 19.4. The van der Waals surface area contributed by atoms with Gasteiger partial charge in [0.15, 0.2) is 0 Å². The van der Waals surface area contributed by atoms with E-state index >= 15 is 0 Å². The molecule has 3 N–H and O–H groups in total. The number of halogens is 2. The van der Waals surface area contributed by atoms with Crippen LogP contribution >= 0.6 is 11.6 Å². The summed E-state index contributed by atoms with van der Waals surface area (Å²) in [7, 11) is 0. The van der Waals surface area contributed by atoms with Gasteiger partial charge in [0.1, 0.15) is 23.6 Å². The van der Waals surface area contributed by atoms with E-state index in [1.54, 1.807) is 11.0 Å². The van der Waals surface area contributed by atoms with Crippen molar-refractivity contribution < 1.29 is 13.9 Å². The van der Waals surface area contributed by atoms with Gasteiger partial charge in [-0.2, -0.15) is 0 Å². The molecule has 9 nitrogen and oxygen atoms in total. The molecular weight excluding hydrogens is 533 g/mol. The lowest BCUT2D eigenvalue weighted by Crippen LogP contribution is -2.64. The van der Waals surface area contributed by atoms with Crippen molar-refractivity contribution >= 4 is 28.9 Å². The maximum Gasteiger partial charge on any atom is 0.258 e. The molecule has 3 fully saturated rings. The van der Waals surface area contributed by atoms with E-state index in [9.17, 15) is 9.18 Å². The normalized spacial score (nSPS) is 23.1. The average molecular weight is 564 g/mol. The molecule has 5 aliphatic rings. The highest BCUT2D eigenvalue weighted by molar-refractivity contribution is 6.33. The summed E-state index contributed by atoms with van der Waals surface area (Å²) in [5.74, 6) is 0.805. The number of hydrogen-bond acceptors (Lipinski definition) is 8. The van der Waals surface area contributed by atoms with E-state index in [-0.39, 0.29) is 28.1 Å². The van der Waals surface area contributed by atoms with Crippen molar-refractivity contribution in [1.82, 2.24) is 31.2 Å². The number of allylic oxidation sites excluding steroid dienone is 2. The van der Waals surface area contributed by atoms with Gasteiger partial charge in [-0.25, -0.2) is 20.2 Å². The lowest BCUT2D eigenvalue weighted by Gasteiger charge is -2.55. The molecule has 1 atom stereocenters. The number of anilines is 1. The number of nitrogens with one attached hydrogen (secondary N) is 3. The summed E-state index contributed by atoms with van der Waals surface area (Å²) in [6.07, 6.45) is 7.93. The Bertz CT molecular complexity index is 1430. The number of pyridine rings is 1. The molecule has 0 radical (unpaired) electrons. The van der Waals surface area contributed by atoms with Crippen LogP contribution in [-0.2, 0) is 4.74 Å². The van der Waals surface area contributed by atoms with Gasteiger partial charge in [0, 0.05) is 61.0 Å². The Morgan fingerprint density at radius 1 is 1.25 bits per heavy atom. The number of hydrogen-bond donors (Lipinski definition) is 3. The van der Waals surface area contributed by atoms with Gasteiger partial charge in [0.2, 0.25) is 0 Å². The van der Waals surface area contributed by atoms with Gasteiger partial charge in [0.05, 0.1) is 29.1 Å². The second-order valence-corrected chi connectivity index (χ2v) is 11.4. The van der Waals surface area contributed by atoms with Crippen LogP contribution in [0.1, 0.15) is 35.7 Å². The Labute approximate surface area is 237 Å². The number of piperidine rings is 1. The van der Waals surface area contributed by atoms with Crippen molar-refractivity contribution in [3.63, 3.8) is 0 Å². The molecule has 1 aromatic carbocycles. The van der Waals surface area contributed by atoms with E-state index in [1.165, 1.54) is 17.7 Å². The molecule has 0 aliphatic carbocycles. The monoisotopic (exact) mass is 563 g/mol. The quantitative estimate of drug-likeness (QED) is 0.511. The zero-order valence-electron chi connectivity index (χ0n) is 22.2. The molecular formula is C29H31ClFN7O2. The Morgan fingerprint density at radius 2 is 2.12 bits per heavy atom. The molecule has 40 heavy (non-hydrogen) atoms. The summed E-state index contributed by atoms with van der Waals surface area (Å²) in [5, 5.41) is 2.19. The van der Waals surface area contributed by atoms with Crippen LogP contribution in [0.5, 0.6) is 0 Å². The number of nitrogens with zero attached hydrogens (tertiary/aromatic N) is 4. The minimum atomic E-state index is -0.572. The average Bonchev–Trinajstić information content (AvgIpc) is 3.53. The highest BCUT2D eigenvalue weighted by Gasteiger charge is 2.47. The van der Waals surface area contributed by atoms with Crippen molar-refractivity contribution in [2.24, 2.45) is 5.41 Å². The highest BCUT2D eigenvalue weighted by atomic mass is 35.5. The fourth-order valence-electron chi connectivity index (χ4n) is 6.53. The van der Waals surface area contributed by atoms with E-state index in [2.05, 4.69) is 39.4 Å². The maximum absolute atomic E-state index is 14.4. The van der Waals surface area contributed by atoms with E-state index in [0.717, 1.165) is 60.9 Å². The standard InChI is InChI=1S/C29H31ClFN7O2/c1-2-40-19-11-20(26-21-13-33-34-27(21)35-38(26)14-19)18-7-8-24(32-12-18)37-16-29(17-37)9-4-10-36(15-29)28(39)25-22(30)5-3-6-23(25)31/h3,5-8,11-12,14,27,33-35H,2,4,9-10,13,15-17H2,1H3. The predicted octanol–water partition coefficient (Wildman–Crippen LogP) is 3.40. The van der Waals surface area contributed by atoms with E-state index in [4.69, 9.17) is 21.3 Å². The van der Waals surface area contributed by atoms with Gasteiger partial charge in [-0.1, -0.05) is 17.7 Å². The number of fused-ring (bicyclic) bond motifs is 2. The third-order valence-electron chi connectivity index (χ3n) is 8.36. The van der Waals surface area contributed by atoms with E-state index in [1.807, 2.05) is 24.3 Å². The molecule has 1 amide bonds. The Balaban J connectivity index is 1.07. The van der Waals surface area contributed by atoms with Crippen molar-refractivity contribution in [3.05, 3.63) is 87.8 Å². The number of ether oxygens (including phenoxy) is 1. The lowest BCUT2D eigenvalue weighted by atomic mass is 9.73. The number of carbonyl (C=O) groups is 1. The molecule has 7 rings (SSSR count). The summed E-state index contributed by atoms with van der Waals surface area (Å²) in [6, 6.07) is 8.54. The molecule has 1 spiro atoms. The number of likely N-dealkylation sites (tertiary alicyclic amines) is 1. The summed E-state index contributed by atoms with van der Waals surface area (Å²) >= 11 is 6.18. The number of hydrazine groups is 2. The van der Waals surface area contributed by atoms with Gasteiger partial charge >= 0.3 is 0 Å². The number of aromatic nitrogens is 1. The molecule has 3 saturated heterocycles. The second-order valence-electron chi connectivity index (χ2n) is 11.0. The highest BCUT2D eigenvalue weighted by Crippen LogP contribution is 2.42. The van der Waals surface area contributed by atoms with Gasteiger partial charge in [-0.05, 0) is 50.1 Å². The first kappa shape index (κ1) is 25.5. The van der Waals surface area contributed by atoms with Gasteiger partial charge in [0.25, 0.3) is 5.91 Å². The zero-order valence-corrected chi connectivity index (χ0v) is 23.0. The maximum atomic E-state index is 14.4. The SMILES string of the molecule is CCOC1=CN2NC3NNCC3=C2C(c2ccc(N3CC4(CCCN(C(=O)c5c(F)cccc5Cl)C4)C3)nc2)=C1. The smallest absolute Gasteiger partial charge is 0.258 e. The molecule has 1 aromatic heterocycles. The van der Waals surface area contributed by atoms with Crippen LogP contribution in [0, 0.1) is 11.2 Å². The fraction of sp³-hybridized carbons (Fsp3) is 0.379. The number of amides is 1. The Kier molecular flexibility index (Phi) is 6.31. The van der Waals surface area contributed by atoms with Crippen LogP contribution in [0.25, 0.3) is 5.57 Å². The summed E-state index contributed by atoms with van der Waals surface area (Å²) in [6.45, 7) is 6.13. The lowest BCUT2D eigenvalue weighted by molar-refractivity contribution is 0.0414.